The summed E-state index contributed by atoms with van der Waals surface area (Å²) in [7, 11) is -0.942. The van der Waals surface area contributed by atoms with Gasteiger partial charge < -0.3 is 20.7 Å². The molecule has 1 aliphatic rings. The molecule has 256 valence electrons. The molecule has 0 radical (unpaired) electrons. The summed E-state index contributed by atoms with van der Waals surface area (Å²) in [4.78, 5) is 22.4. The number of anilines is 4. The van der Waals surface area contributed by atoms with E-state index in [1.54, 1.807) is 30.0 Å². The maximum atomic E-state index is 13.9. The minimum Gasteiger partial charge on any atom is -0.495 e. The highest BCUT2D eigenvalue weighted by Crippen LogP contribution is 2.36. The maximum Gasteiger partial charge on any atom is 0.421 e. The van der Waals surface area contributed by atoms with Gasteiger partial charge in [0.1, 0.15) is 17.1 Å². The van der Waals surface area contributed by atoms with E-state index >= 15 is 0 Å². The number of aryl methyl sites for hydroxylation is 1. The molecule has 0 aliphatic carbocycles. The van der Waals surface area contributed by atoms with Crippen LogP contribution in [0.15, 0.2) is 42.6 Å². The Morgan fingerprint density at radius 1 is 1.15 bits per heavy atom. The van der Waals surface area contributed by atoms with Crippen LogP contribution in [0.3, 0.4) is 0 Å². The number of alkyl halides is 5. The van der Waals surface area contributed by atoms with Crippen LogP contribution in [0.1, 0.15) is 39.9 Å². The number of methoxy groups -OCH3 is 1. The molecule has 11 nitrogen and oxygen atoms in total. The van der Waals surface area contributed by atoms with Crippen molar-refractivity contribution in [3.8, 4) is 5.75 Å². The molecule has 1 saturated heterocycles. The molecular formula is C30H36F5N7O4S. The smallest absolute Gasteiger partial charge is 0.421 e. The number of ether oxygens (including phenoxy) is 1. The number of halogens is 5. The van der Waals surface area contributed by atoms with Gasteiger partial charge in [0.05, 0.1) is 31.3 Å². The number of aromatic nitrogens is 2. The molecule has 3 aromatic rings. The van der Waals surface area contributed by atoms with Gasteiger partial charge in [-0.15, -0.1) is 0 Å². The number of carbonyl (C=O) groups is 1. The van der Waals surface area contributed by atoms with Crippen LogP contribution < -0.4 is 25.0 Å². The Bertz CT molecular complexity index is 1680. The van der Waals surface area contributed by atoms with Gasteiger partial charge in [0.25, 0.3) is 12.3 Å². The Hall–Kier alpha value is -4.25. The van der Waals surface area contributed by atoms with Crippen LogP contribution in [0.2, 0.25) is 0 Å². The van der Waals surface area contributed by atoms with E-state index in [1.807, 2.05) is 0 Å². The van der Waals surface area contributed by atoms with Crippen LogP contribution in [0, 0.1) is 6.92 Å². The first kappa shape index (κ1) is 35.6. The van der Waals surface area contributed by atoms with E-state index in [0.717, 1.165) is 16.1 Å². The number of sulfonamides is 1. The molecular weight excluding hydrogens is 649 g/mol. The van der Waals surface area contributed by atoms with Gasteiger partial charge in [0.15, 0.2) is 0 Å². The number of nitrogens with zero attached hydrogens (tertiary/aromatic N) is 4. The zero-order valence-corrected chi connectivity index (χ0v) is 27.0. The van der Waals surface area contributed by atoms with Crippen molar-refractivity contribution >= 4 is 39.1 Å². The largest absolute Gasteiger partial charge is 0.495 e. The molecule has 2 aromatic carbocycles. The van der Waals surface area contributed by atoms with E-state index in [-0.39, 0.29) is 42.1 Å². The van der Waals surface area contributed by atoms with Crippen LogP contribution in [-0.4, -0.2) is 81.7 Å². The minimum absolute atomic E-state index is 0.186. The average Bonchev–Trinajstić information content (AvgIpc) is 3.00. The van der Waals surface area contributed by atoms with E-state index in [1.165, 1.54) is 32.4 Å². The lowest BCUT2D eigenvalue weighted by molar-refractivity contribution is -0.137. The van der Waals surface area contributed by atoms with Crippen LogP contribution >= 0.6 is 0 Å². The van der Waals surface area contributed by atoms with Gasteiger partial charge >= 0.3 is 6.18 Å². The molecule has 17 heteroatoms. The van der Waals surface area contributed by atoms with Crippen molar-refractivity contribution in [2.75, 3.05) is 55.0 Å². The third kappa shape index (κ3) is 9.41. The first-order chi connectivity index (χ1) is 22.0. The van der Waals surface area contributed by atoms with E-state index in [9.17, 15) is 35.2 Å². The summed E-state index contributed by atoms with van der Waals surface area (Å²) in [6.07, 6.45) is -4.52. The molecule has 2 heterocycles. The normalized spacial score (nSPS) is 14.6. The Labute approximate surface area is 269 Å². The van der Waals surface area contributed by atoms with Crippen molar-refractivity contribution in [3.05, 3.63) is 64.8 Å². The van der Waals surface area contributed by atoms with Gasteiger partial charge in [-0.2, -0.15) is 18.2 Å². The Kier molecular flexibility index (Phi) is 11.1. The monoisotopic (exact) mass is 685 g/mol. The van der Waals surface area contributed by atoms with Gasteiger partial charge in [-0.3, -0.25) is 14.0 Å². The van der Waals surface area contributed by atoms with Crippen molar-refractivity contribution in [2.24, 2.45) is 0 Å². The standard InChI is InChI=1S/C30H36F5N7O4S/c1-18-5-6-20(24(13-18)41(2)47(4,44)45)15-36-27-22(30(33,34)35)16-37-29(40-27)39-23-8-7-19(14-25(23)46-3)28(43)38-21-9-11-42(12-10-21)17-26(31)32/h5-8,13-14,16,21,26H,9-12,15,17H2,1-4H3,(H,38,43)(H2,36,37,39,40). The second-order valence-corrected chi connectivity index (χ2v) is 13.2. The van der Waals surface area contributed by atoms with Gasteiger partial charge in [-0.25, -0.2) is 22.2 Å². The molecule has 4 rings (SSSR count). The summed E-state index contributed by atoms with van der Waals surface area (Å²) in [5.41, 5.74) is 0.865. The Morgan fingerprint density at radius 3 is 2.47 bits per heavy atom. The van der Waals surface area contributed by atoms with Crippen molar-refractivity contribution in [2.45, 2.75) is 45.0 Å². The number of likely N-dealkylation sites (tertiary alicyclic amines) is 1. The molecule has 0 bridgehead atoms. The Morgan fingerprint density at radius 2 is 1.85 bits per heavy atom. The summed E-state index contributed by atoms with van der Waals surface area (Å²) in [6.45, 7) is 2.15. The summed E-state index contributed by atoms with van der Waals surface area (Å²) in [6, 6.07) is 9.19. The van der Waals surface area contributed by atoms with Gasteiger partial charge in [-0.1, -0.05) is 12.1 Å². The molecule has 0 saturated carbocycles. The maximum absolute atomic E-state index is 13.9. The van der Waals surface area contributed by atoms with Crippen LogP contribution in [0.4, 0.5) is 45.1 Å². The van der Waals surface area contributed by atoms with Gasteiger partial charge in [-0.05, 0) is 55.2 Å². The number of hydrogen-bond acceptors (Lipinski definition) is 9. The fourth-order valence-corrected chi connectivity index (χ4v) is 5.57. The number of hydrogen-bond donors (Lipinski definition) is 3. The summed E-state index contributed by atoms with van der Waals surface area (Å²) >= 11 is 0. The quantitative estimate of drug-likeness (QED) is 0.225. The number of amides is 1. The molecule has 1 amide bonds. The molecule has 1 fully saturated rings. The lowest BCUT2D eigenvalue weighted by atomic mass is 10.0. The highest BCUT2D eigenvalue weighted by Gasteiger charge is 2.35. The molecule has 0 unspecified atom stereocenters. The van der Waals surface area contributed by atoms with Gasteiger partial charge in [0, 0.05) is 44.5 Å². The third-order valence-corrected chi connectivity index (χ3v) is 8.84. The summed E-state index contributed by atoms with van der Waals surface area (Å²) in [5, 5.41) is 8.40. The zero-order valence-electron chi connectivity index (χ0n) is 26.2. The number of piperidine rings is 1. The molecule has 3 N–H and O–H groups in total. The van der Waals surface area contributed by atoms with E-state index in [4.69, 9.17) is 4.74 Å². The first-order valence-corrected chi connectivity index (χ1v) is 16.4. The fourth-order valence-electron chi connectivity index (χ4n) is 5.04. The molecule has 1 aromatic heterocycles. The van der Waals surface area contributed by atoms with Crippen molar-refractivity contribution in [1.82, 2.24) is 20.2 Å². The van der Waals surface area contributed by atoms with Crippen LogP contribution in [0.25, 0.3) is 0 Å². The van der Waals surface area contributed by atoms with Crippen LogP contribution in [0.5, 0.6) is 5.75 Å². The highest BCUT2D eigenvalue weighted by atomic mass is 32.2. The zero-order chi connectivity index (χ0) is 34.5. The van der Waals surface area contributed by atoms with Crippen LogP contribution in [-0.2, 0) is 22.7 Å². The second-order valence-electron chi connectivity index (χ2n) is 11.1. The average molecular weight is 686 g/mol. The molecule has 0 atom stereocenters. The number of nitrogens with one attached hydrogen (secondary N) is 3. The third-order valence-electron chi connectivity index (χ3n) is 7.65. The van der Waals surface area contributed by atoms with Crippen molar-refractivity contribution in [1.29, 1.82) is 0 Å². The number of carbonyl (C=O) groups excluding carboxylic acids is 1. The topological polar surface area (TPSA) is 129 Å². The lowest BCUT2D eigenvalue weighted by Gasteiger charge is -2.32. The Balaban J connectivity index is 1.51. The minimum atomic E-state index is -4.80. The molecule has 0 spiro atoms. The summed E-state index contributed by atoms with van der Waals surface area (Å²) in [5.74, 6) is -0.950. The number of rotatable bonds is 12. The predicted octanol–water partition coefficient (Wildman–Crippen LogP) is 5.02. The predicted molar refractivity (Wildman–Crippen MR) is 168 cm³/mol. The van der Waals surface area contributed by atoms with Crippen molar-refractivity contribution in [3.63, 3.8) is 0 Å². The first-order valence-electron chi connectivity index (χ1n) is 14.5. The second kappa shape index (κ2) is 14.7. The lowest BCUT2D eigenvalue weighted by Crippen LogP contribution is -2.45. The van der Waals surface area contributed by atoms with Crippen molar-refractivity contribution < 1.29 is 39.9 Å². The molecule has 47 heavy (non-hydrogen) atoms. The fraction of sp³-hybridized carbons (Fsp3) is 0.433. The molecule has 1 aliphatic heterocycles. The highest BCUT2D eigenvalue weighted by molar-refractivity contribution is 7.92. The van der Waals surface area contributed by atoms with E-state index in [2.05, 4.69) is 25.9 Å². The SMILES string of the molecule is COc1cc(C(=O)NC2CCN(CC(F)F)CC2)ccc1Nc1ncc(C(F)(F)F)c(NCc2ccc(C)cc2N(C)S(C)(=O)=O)n1. The van der Waals surface area contributed by atoms with E-state index < -0.39 is 39.9 Å². The van der Waals surface area contributed by atoms with Gasteiger partial charge in [0.2, 0.25) is 16.0 Å². The van der Waals surface area contributed by atoms with E-state index in [0.29, 0.717) is 43.4 Å². The number of benzene rings is 2. The summed E-state index contributed by atoms with van der Waals surface area (Å²) < 4.78 is 97.9.